The van der Waals surface area contributed by atoms with E-state index in [1.54, 1.807) is 0 Å². The maximum Gasteiger partial charge on any atom is 0.267 e. The van der Waals surface area contributed by atoms with Gasteiger partial charge in [-0.3, -0.25) is 4.79 Å². The molecule has 3 nitrogen and oxygen atoms in total. The summed E-state index contributed by atoms with van der Waals surface area (Å²) in [7, 11) is 0. The van der Waals surface area contributed by atoms with Crippen molar-refractivity contribution in [2.75, 3.05) is 0 Å². The van der Waals surface area contributed by atoms with Gasteiger partial charge in [-0.05, 0) is 12.1 Å². The van der Waals surface area contributed by atoms with Gasteiger partial charge in [-0.15, -0.1) is 0 Å². The maximum atomic E-state index is 13.3. The summed E-state index contributed by atoms with van der Waals surface area (Å²) in [5.41, 5.74) is -0.103. The van der Waals surface area contributed by atoms with Gasteiger partial charge in [0.2, 0.25) is 0 Å². The third kappa shape index (κ3) is 2.13. The SMILES string of the molecule is O=c1cccnn1Cc1ccc(F)cc1F. The molecule has 0 N–H and O–H groups in total. The first kappa shape index (κ1) is 10.5. The van der Waals surface area contributed by atoms with Crippen molar-refractivity contribution < 1.29 is 8.78 Å². The van der Waals surface area contributed by atoms with Crippen LogP contribution in [-0.4, -0.2) is 9.78 Å². The molecule has 0 aliphatic carbocycles. The van der Waals surface area contributed by atoms with Crippen LogP contribution in [0.5, 0.6) is 0 Å². The summed E-state index contributed by atoms with van der Waals surface area (Å²) < 4.78 is 27.0. The fourth-order valence-corrected chi connectivity index (χ4v) is 1.32. The van der Waals surface area contributed by atoms with E-state index in [4.69, 9.17) is 0 Å². The molecule has 1 heterocycles. The first-order valence-electron chi connectivity index (χ1n) is 4.63. The number of aromatic nitrogens is 2. The quantitative estimate of drug-likeness (QED) is 0.773. The lowest BCUT2D eigenvalue weighted by atomic mass is 10.2. The first-order valence-corrected chi connectivity index (χ1v) is 4.63. The highest BCUT2D eigenvalue weighted by Crippen LogP contribution is 2.09. The molecule has 1 aromatic carbocycles. The average Bonchev–Trinajstić information content (AvgIpc) is 2.25. The Morgan fingerprint density at radius 2 is 2.06 bits per heavy atom. The summed E-state index contributed by atoms with van der Waals surface area (Å²) in [4.78, 5) is 11.3. The molecule has 1 aromatic heterocycles. The third-order valence-electron chi connectivity index (χ3n) is 2.12. The lowest BCUT2D eigenvalue weighted by Crippen LogP contribution is -2.22. The van der Waals surface area contributed by atoms with Crippen LogP contribution in [0.15, 0.2) is 41.3 Å². The van der Waals surface area contributed by atoms with E-state index in [0.717, 1.165) is 16.8 Å². The van der Waals surface area contributed by atoms with Gasteiger partial charge >= 0.3 is 0 Å². The van der Waals surface area contributed by atoms with Gasteiger partial charge in [0.05, 0.1) is 6.54 Å². The maximum absolute atomic E-state index is 13.3. The normalized spacial score (nSPS) is 10.4. The lowest BCUT2D eigenvalue weighted by molar-refractivity contribution is 0.551. The largest absolute Gasteiger partial charge is 0.268 e. The molecule has 82 valence electrons. The zero-order valence-electron chi connectivity index (χ0n) is 8.23. The van der Waals surface area contributed by atoms with Gasteiger partial charge in [0.1, 0.15) is 11.6 Å². The molecular formula is C11H8F2N2O. The van der Waals surface area contributed by atoms with Gasteiger partial charge in [0.15, 0.2) is 0 Å². The van der Waals surface area contributed by atoms with E-state index < -0.39 is 11.6 Å². The Labute approximate surface area is 90.0 Å². The van der Waals surface area contributed by atoms with Crippen LogP contribution in [0.3, 0.4) is 0 Å². The number of benzene rings is 1. The van der Waals surface area contributed by atoms with Crippen molar-refractivity contribution in [1.82, 2.24) is 9.78 Å². The number of nitrogens with zero attached hydrogens (tertiary/aromatic N) is 2. The molecular weight excluding hydrogens is 214 g/mol. The van der Waals surface area contributed by atoms with E-state index in [2.05, 4.69) is 5.10 Å². The van der Waals surface area contributed by atoms with E-state index in [9.17, 15) is 13.6 Å². The van der Waals surface area contributed by atoms with E-state index in [0.29, 0.717) is 0 Å². The smallest absolute Gasteiger partial charge is 0.267 e. The molecule has 0 aliphatic rings. The Balaban J connectivity index is 2.35. The number of rotatable bonds is 2. The van der Waals surface area contributed by atoms with Gasteiger partial charge in [-0.1, -0.05) is 6.07 Å². The van der Waals surface area contributed by atoms with Crippen LogP contribution in [0.2, 0.25) is 0 Å². The zero-order chi connectivity index (χ0) is 11.5. The predicted molar refractivity (Wildman–Crippen MR) is 54.0 cm³/mol. The summed E-state index contributed by atoms with van der Waals surface area (Å²) in [6.45, 7) is -0.00815. The number of hydrogen-bond donors (Lipinski definition) is 0. The monoisotopic (exact) mass is 222 g/mol. The van der Waals surface area contributed by atoms with Gasteiger partial charge < -0.3 is 0 Å². The van der Waals surface area contributed by atoms with Crippen LogP contribution >= 0.6 is 0 Å². The summed E-state index contributed by atoms with van der Waals surface area (Å²) in [6, 6.07) is 6.05. The van der Waals surface area contributed by atoms with Crippen LogP contribution in [0.1, 0.15) is 5.56 Å². The van der Waals surface area contributed by atoms with Crippen molar-refractivity contribution in [3.63, 3.8) is 0 Å². The highest BCUT2D eigenvalue weighted by atomic mass is 19.1. The molecule has 16 heavy (non-hydrogen) atoms. The molecule has 5 heteroatoms. The van der Waals surface area contributed by atoms with E-state index >= 15 is 0 Å². The summed E-state index contributed by atoms with van der Waals surface area (Å²) in [6.07, 6.45) is 1.43. The minimum absolute atomic E-state index is 0.00815. The molecule has 0 aliphatic heterocycles. The molecule has 0 bridgehead atoms. The standard InChI is InChI=1S/C11H8F2N2O/c12-9-4-3-8(10(13)6-9)7-15-11(16)2-1-5-14-15/h1-6H,7H2. The van der Waals surface area contributed by atoms with Crippen molar-refractivity contribution in [2.24, 2.45) is 0 Å². The van der Waals surface area contributed by atoms with Crippen molar-refractivity contribution >= 4 is 0 Å². The topological polar surface area (TPSA) is 34.9 Å². The Morgan fingerprint density at radius 1 is 1.25 bits per heavy atom. The minimum Gasteiger partial charge on any atom is -0.268 e. The predicted octanol–water partition coefficient (Wildman–Crippen LogP) is 1.57. The third-order valence-corrected chi connectivity index (χ3v) is 2.12. The van der Waals surface area contributed by atoms with Crippen molar-refractivity contribution in [3.8, 4) is 0 Å². The van der Waals surface area contributed by atoms with E-state index in [1.165, 1.54) is 24.4 Å². The molecule has 0 atom stereocenters. The summed E-state index contributed by atoms with van der Waals surface area (Å²) in [5, 5.41) is 3.78. The molecule has 0 radical (unpaired) electrons. The fraction of sp³-hybridized carbons (Fsp3) is 0.0909. The Hall–Kier alpha value is -2.04. The Kier molecular flexibility index (Phi) is 2.76. The van der Waals surface area contributed by atoms with Crippen LogP contribution in [0.25, 0.3) is 0 Å². The number of halogens is 2. The van der Waals surface area contributed by atoms with Crippen LogP contribution < -0.4 is 5.56 Å². The zero-order valence-corrected chi connectivity index (χ0v) is 8.23. The average molecular weight is 222 g/mol. The Morgan fingerprint density at radius 3 is 2.75 bits per heavy atom. The second-order valence-corrected chi connectivity index (χ2v) is 3.26. The van der Waals surface area contributed by atoms with Gasteiger partial charge in [-0.25, -0.2) is 13.5 Å². The van der Waals surface area contributed by atoms with Crippen molar-refractivity contribution in [1.29, 1.82) is 0 Å². The van der Waals surface area contributed by atoms with Crippen LogP contribution in [-0.2, 0) is 6.54 Å². The Bertz CT molecular complexity index is 566. The fourth-order valence-electron chi connectivity index (χ4n) is 1.32. The highest BCUT2D eigenvalue weighted by molar-refractivity contribution is 5.18. The van der Waals surface area contributed by atoms with Gasteiger partial charge in [-0.2, -0.15) is 5.10 Å². The molecule has 2 aromatic rings. The minimum atomic E-state index is -0.683. The molecule has 0 amide bonds. The number of hydrogen-bond acceptors (Lipinski definition) is 2. The second-order valence-electron chi connectivity index (χ2n) is 3.26. The summed E-state index contributed by atoms with van der Waals surface area (Å²) in [5.74, 6) is -1.33. The molecule has 2 rings (SSSR count). The van der Waals surface area contributed by atoms with E-state index in [1.807, 2.05) is 0 Å². The van der Waals surface area contributed by atoms with Crippen LogP contribution in [0, 0.1) is 11.6 Å². The van der Waals surface area contributed by atoms with Gasteiger partial charge in [0.25, 0.3) is 5.56 Å². The highest BCUT2D eigenvalue weighted by Gasteiger charge is 2.05. The first-order chi connectivity index (χ1) is 7.66. The molecule has 0 saturated heterocycles. The second kappa shape index (κ2) is 4.22. The molecule has 0 spiro atoms. The molecule has 0 fully saturated rings. The van der Waals surface area contributed by atoms with Gasteiger partial charge in [0, 0.05) is 23.9 Å². The molecule has 0 saturated carbocycles. The summed E-state index contributed by atoms with van der Waals surface area (Å²) >= 11 is 0. The van der Waals surface area contributed by atoms with Crippen LogP contribution in [0.4, 0.5) is 8.78 Å². The van der Waals surface area contributed by atoms with Crippen molar-refractivity contribution in [3.05, 3.63) is 64.1 Å². The van der Waals surface area contributed by atoms with Crippen molar-refractivity contribution in [2.45, 2.75) is 6.54 Å². The molecule has 0 unspecified atom stereocenters. The van der Waals surface area contributed by atoms with E-state index in [-0.39, 0.29) is 17.7 Å². The lowest BCUT2D eigenvalue weighted by Gasteiger charge is -2.04.